The number of fused-ring (bicyclic) bond motifs is 3. The molecule has 0 aromatic rings. The lowest BCUT2D eigenvalue weighted by molar-refractivity contribution is -0.137. The van der Waals surface area contributed by atoms with Crippen molar-refractivity contribution < 1.29 is 13.2 Å². The second-order valence-electron chi connectivity index (χ2n) is 5.92. The molecule has 0 saturated heterocycles. The van der Waals surface area contributed by atoms with Crippen LogP contribution in [0.4, 0.5) is 0 Å². The summed E-state index contributed by atoms with van der Waals surface area (Å²) in [6.45, 7) is 0. The molecular weight excluding hydrogens is 270 g/mol. The second kappa shape index (κ2) is 4.71. The molecule has 1 amide bonds. The van der Waals surface area contributed by atoms with Crippen LogP contribution in [-0.2, 0) is 14.8 Å². The summed E-state index contributed by atoms with van der Waals surface area (Å²) in [6.07, 6.45) is 8.88. The fraction of sp³-hybridized carbons (Fsp3) is 0.917. The van der Waals surface area contributed by atoms with E-state index in [2.05, 4.69) is 11.0 Å². The van der Waals surface area contributed by atoms with Crippen LogP contribution < -0.4 is 4.72 Å². The molecule has 0 aromatic carbocycles. The Bertz CT molecular complexity index is 420. The molecular formula is C12H21NO3S2. The van der Waals surface area contributed by atoms with Crippen LogP contribution >= 0.6 is 11.8 Å². The third-order valence-corrected chi connectivity index (χ3v) is 6.07. The quantitative estimate of drug-likeness (QED) is 0.857. The van der Waals surface area contributed by atoms with Gasteiger partial charge in [0, 0.05) is 0 Å². The second-order valence-corrected chi connectivity index (χ2v) is 8.53. The smallest absolute Gasteiger partial charge is 0.239 e. The van der Waals surface area contributed by atoms with Crippen LogP contribution in [0.1, 0.15) is 38.5 Å². The highest BCUT2D eigenvalue weighted by atomic mass is 32.2. The maximum Gasteiger partial charge on any atom is 0.239 e. The van der Waals surface area contributed by atoms with E-state index < -0.39 is 15.4 Å². The van der Waals surface area contributed by atoms with Crippen molar-refractivity contribution in [3.63, 3.8) is 0 Å². The summed E-state index contributed by atoms with van der Waals surface area (Å²) >= 11 is 1.88. The molecule has 0 aliphatic heterocycles. The minimum Gasteiger partial charge on any atom is -0.273 e. The predicted octanol–water partition coefficient (Wildman–Crippen LogP) is 1.77. The number of amides is 1. The molecule has 3 aliphatic rings. The first kappa shape index (κ1) is 14.2. The highest BCUT2D eigenvalue weighted by Crippen LogP contribution is 2.57. The van der Waals surface area contributed by atoms with Gasteiger partial charge in [-0.3, -0.25) is 9.52 Å². The molecule has 0 atom stereocenters. The highest BCUT2D eigenvalue weighted by Gasteiger charge is 2.52. The van der Waals surface area contributed by atoms with Crippen LogP contribution in [0.5, 0.6) is 0 Å². The van der Waals surface area contributed by atoms with Crippen LogP contribution in [0.3, 0.4) is 0 Å². The molecule has 3 rings (SSSR count). The standard InChI is InChI=1S/C12H21NO3S2/c1-17-9-11-3-6-12(7-4-11,8-5-11)10(14)13-18(2,15)16/h3-9H2,1-2H3,(H,13,14). The molecule has 18 heavy (non-hydrogen) atoms. The van der Waals surface area contributed by atoms with E-state index in [-0.39, 0.29) is 5.91 Å². The first-order valence-corrected chi connectivity index (χ1v) is 9.61. The van der Waals surface area contributed by atoms with E-state index in [4.69, 9.17) is 0 Å². The number of hydrogen-bond donors (Lipinski definition) is 1. The molecule has 3 fully saturated rings. The Labute approximate surface area is 113 Å². The molecule has 0 radical (unpaired) electrons. The molecule has 0 heterocycles. The highest BCUT2D eigenvalue weighted by molar-refractivity contribution is 7.98. The summed E-state index contributed by atoms with van der Waals surface area (Å²) in [5.74, 6) is 0.888. The van der Waals surface area contributed by atoms with Crippen LogP contribution in [0.2, 0.25) is 0 Å². The molecule has 2 bridgehead atoms. The van der Waals surface area contributed by atoms with Crippen molar-refractivity contribution in [2.45, 2.75) is 38.5 Å². The van der Waals surface area contributed by atoms with Gasteiger partial charge in [0.15, 0.2) is 0 Å². The van der Waals surface area contributed by atoms with Gasteiger partial charge in [-0.1, -0.05) is 0 Å². The molecule has 6 heteroatoms. The average molecular weight is 291 g/mol. The predicted molar refractivity (Wildman–Crippen MR) is 73.9 cm³/mol. The zero-order chi connectivity index (χ0) is 13.4. The van der Waals surface area contributed by atoms with Gasteiger partial charge in [0.2, 0.25) is 15.9 Å². The molecule has 3 saturated carbocycles. The van der Waals surface area contributed by atoms with E-state index >= 15 is 0 Å². The fourth-order valence-corrected chi connectivity index (χ4v) is 5.00. The molecule has 1 N–H and O–H groups in total. The number of carbonyl (C=O) groups is 1. The Morgan fingerprint density at radius 3 is 2.06 bits per heavy atom. The normalized spacial score (nSPS) is 35.4. The van der Waals surface area contributed by atoms with E-state index in [9.17, 15) is 13.2 Å². The Morgan fingerprint density at radius 1 is 1.17 bits per heavy atom. The maximum atomic E-state index is 12.2. The summed E-state index contributed by atoms with van der Waals surface area (Å²) in [5.41, 5.74) is -0.00419. The van der Waals surface area contributed by atoms with Crippen molar-refractivity contribution in [2.24, 2.45) is 10.8 Å². The monoisotopic (exact) mass is 291 g/mol. The van der Waals surface area contributed by atoms with Gasteiger partial charge in [-0.2, -0.15) is 11.8 Å². The van der Waals surface area contributed by atoms with Crippen LogP contribution in [-0.4, -0.2) is 32.6 Å². The zero-order valence-corrected chi connectivity index (χ0v) is 12.6. The van der Waals surface area contributed by atoms with Gasteiger partial charge < -0.3 is 0 Å². The van der Waals surface area contributed by atoms with Gasteiger partial charge in [-0.25, -0.2) is 8.42 Å². The topological polar surface area (TPSA) is 63.2 Å². The van der Waals surface area contributed by atoms with Gasteiger partial charge in [0.25, 0.3) is 0 Å². The minimum atomic E-state index is -3.43. The van der Waals surface area contributed by atoms with Crippen molar-refractivity contribution in [1.82, 2.24) is 4.72 Å². The molecule has 0 spiro atoms. The Hall–Kier alpha value is -0.230. The number of sulfonamides is 1. The Morgan fingerprint density at radius 2 is 1.67 bits per heavy atom. The molecule has 4 nitrogen and oxygen atoms in total. The van der Waals surface area contributed by atoms with Crippen molar-refractivity contribution in [3.05, 3.63) is 0 Å². The first-order valence-electron chi connectivity index (χ1n) is 6.32. The largest absolute Gasteiger partial charge is 0.273 e. The van der Waals surface area contributed by atoms with Crippen LogP contribution in [0.25, 0.3) is 0 Å². The van der Waals surface area contributed by atoms with Crippen LogP contribution in [0, 0.1) is 10.8 Å². The lowest BCUT2D eigenvalue weighted by Gasteiger charge is -2.52. The van der Waals surface area contributed by atoms with Crippen LogP contribution in [0.15, 0.2) is 0 Å². The molecule has 3 aliphatic carbocycles. The van der Waals surface area contributed by atoms with Crippen molar-refractivity contribution in [1.29, 1.82) is 0 Å². The zero-order valence-electron chi connectivity index (χ0n) is 11.0. The van der Waals surface area contributed by atoms with E-state index in [1.807, 2.05) is 11.8 Å². The summed E-state index contributed by atoms with van der Waals surface area (Å²) in [6, 6.07) is 0. The van der Waals surface area contributed by atoms with E-state index in [1.165, 1.54) is 0 Å². The van der Waals surface area contributed by atoms with Crippen molar-refractivity contribution >= 4 is 27.7 Å². The third-order valence-electron chi connectivity index (χ3n) is 4.61. The molecule has 0 aromatic heterocycles. The summed E-state index contributed by atoms with van der Waals surface area (Å²) in [5, 5.41) is 0. The first-order chi connectivity index (χ1) is 8.31. The number of hydrogen-bond acceptors (Lipinski definition) is 4. The number of nitrogens with one attached hydrogen (secondary N) is 1. The number of rotatable bonds is 4. The average Bonchev–Trinajstić information content (AvgIpc) is 2.29. The fourth-order valence-electron chi connectivity index (χ4n) is 3.40. The van der Waals surface area contributed by atoms with E-state index in [1.54, 1.807) is 0 Å². The number of thioether (sulfide) groups is 1. The van der Waals surface area contributed by atoms with Gasteiger partial charge in [0.05, 0.1) is 11.7 Å². The van der Waals surface area contributed by atoms with Crippen molar-refractivity contribution in [3.8, 4) is 0 Å². The Balaban J connectivity index is 2.07. The van der Waals surface area contributed by atoms with E-state index in [0.717, 1.165) is 50.5 Å². The van der Waals surface area contributed by atoms with Gasteiger partial charge >= 0.3 is 0 Å². The lowest BCUT2D eigenvalue weighted by Crippen LogP contribution is -2.51. The van der Waals surface area contributed by atoms with Gasteiger partial charge in [0.1, 0.15) is 0 Å². The lowest BCUT2D eigenvalue weighted by atomic mass is 9.54. The third kappa shape index (κ3) is 2.69. The minimum absolute atomic E-state index is 0.276. The number of carbonyl (C=O) groups excluding carboxylic acids is 1. The molecule has 0 unspecified atom stereocenters. The molecule has 104 valence electrons. The van der Waals surface area contributed by atoms with E-state index in [0.29, 0.717) is 5.41 Å². The summed E-state index contributed by atoms with van der Waals surface area (Å²) in [7, 11) is -3.43. The maximum absolute atomic E-state index is 12.2. The van der Waals surface area contributed by atoms with Gasteiger partial charge in [-0.05, 0) is 55.9 Å². The Kier molecular flexibility index (Phi) is 3.71. The van der Waals surface area contributed by atoms with Crippen molar-refractivity contribution in [2.75, 3.05) is 18.3 Å². The summed E-state index contributed by atoms with van der Waals surface area (Å²) in [4.78, 5) is 12.2. The van der Waals surface area contributed by atoms with Gasteiger partial charge in [-0.15, -0.1) is 0 Å². The summed E-state index contributed by atoms with van der Waals surface area (Å²) < 4.78 is 24.5. The SMILES string of the molecule is CSCC12CCC(C(=O)NS(C)(=O)=O)(CC1)CC2.